The van der Waals surface area contributed by atoms with Crippen LogP contribution in [0.4, 0.5) is 4.79 Å². The first kappa shape index (κ1) is 11.7. The van der Waals surface area contributed by atoms with E-state index in [1.165, 1.54) is 0 Å². The lowest BCUT2D eigenvalue weighted by atomic mass is 9.90. The van der Waals surface area contributed by atoms with E-state index in [1.807, 2.05) is 20.8 Å². The quantitative estimate of drug-likeness (QED) is 0.681. The van der Waals surface area contributed by atoms with Crippen molar-refractivity contribution in [3.05, 3.63) is 0 Å². The van der Waals surface area contributed by atoms with Gasteiger partial charge in [0.2, 0.25) is 0 Å². The average molecular weight is 228 g/mol. The molecule has 3 unspecified atom stereocenters. The van der Waals surface area contributed by atoms with Gasteiger partial charge < -0.3 is 14.2 Å². The first-order valence-corrected chi connectivity index (χ1v) is 5.95. The lowest BCUT2D eigenvalue weighted by Gasteiger charge is -2.21. The van der Waals surface area contributed by atoms with Gasteiger partial charge in [0.05, 0.1) is 12.2 Å². The standard InChI is InChI=1S/C12H20O4/c1-12(2,3)16-11(13)14-7-8-6-9-4-5-10(8)15-9/h8-10H,4-7H2,1-3H3. The molecular weight excluding hydrogens is 208 g/mol. The van der Waals surface area contributed by atoms with Crippen LogP contribution in [0.25, 0.3) is 0 Å². The Bertz CT molecular complexity index is 269. The van der Waals surface area contributed by atoms with E-state index in [9.17, 15) is 4.79 Å². The zero-order valence-corrected chi connectivity index (χ0v) is 10.2. The number of hydrogen-bond acceptors (Lipinski definition) is 4. The molecule has 0 aromatic heterocycles. The Balaban J connectivity index is 1.70. The van der Waals surface area contributed by atoms with E-state index in [1.54, 1.807) is 0 Å². The second-order valence-electron chi connectivity index (χ2n) is 5.65. The van der Waals surface area contributed by atoms with Crippen molar-refractivity contribution in [1.82, 2.24) is 0 Å². The summed E-state index contributed by atoms with van der Waals surface area (Å²) in [7, 11) is 0. The highest BCUT2D eigenvalue weighted by molar-refractivity contribution is 5.60. The van der Waals surface area contributed by atoms with Crippen molar-refractivity contribution in [3.8, 4) is 0 Å². The minimum atomic E-state index is -0.574. The Morgan fingerprint density at radius 3 is 2.62 bits per heavy atom. The molecule has 0 radical (unpaired) electrons. The van der Waals surface area contributed by atoms with Crippen LogP contribution in [0.2, 0.25) is 0 Å². The van der Waals surface area contributed by atoms with E-state index in [4.69, 9.17) is 14.2 Å². The van der Waals surface area contributed by atoms with Gasteiger partial charge in [-0.2, -0.15) is 0 Å². The molecular formula is C12H20O4. The average Bonchev–Trinajstić information content (AvgIpc) is 2.72. The number of hydrogen-bond donors (Lipinski definition) is 0. The summed E-state index contributed by atoms with van der Waals surface area (Å²) in [6, 6.07) is 0. The normalized spacial score (nSPS) is 32.8. The molecule has 0 spiro atoms. The Hall–Kier alpha value is -0.770. The lowest BCUT2D eigenvalue weighted by Crippen LogP contribution is -2.28. The molecule has 0 N–H and O–H groups in total. The van der Waals surface area contributed by atoms with Crippen LogP contribution in [0.15, 0.2) is 0 Å². The van der Waals surface area contributed by atoms with Crippen LogP contribution in [0, 0.1) is 5.92 Å². The summed E-state index contributed by atoms with van der Waals surface area (Å²) in [5, 5.41) is 0. The van der Waals surface area contributed by atoms with Crippen LogP contribution in [-0.4, -0.2) is 30.6 Å². The lowest BCUT2D eigenvalue weighted by molar-refractivity contribution is -0.0178. The van der Waals surface area contributed by atoms with Crippen LogP contribution in [0.1, 0.15) is 40.0 Å². The van der Waals surface area contributed by atoms with Gasteiger partial charge in [0.15, 0.2) is 0 Å². The van der Waals surface area contributed by atoms with E-state index in [-0.39, 0.29) is 0 Å². The van der Waals surface area contributed by atoms with Gasteiger partial charge in [-0.3, -0.25) is 0 Å². The highest BCUT2D eigenvalue weighted by Gasteiger charge is 2.41. The summed E-state index contributed by atoms with van der Waals surface area (Å²) in [6.07, 6.45) is 3.41. The fourth-order valence-electron chi connectivity index (χ4n) is 2.37. The maximum atomic E-state index is 11.3. The second-order valence-corrected chi connectivity index (χ2v) is 5.65. The van der Waals surface area contributed by atoms with Gasteiger partial charge in [-0.25, -0.2) is 4.79 Å². The van der Waals surface area contributed by atoms with Crippen LogP contribution in [-0.2, 0) is 14.2 Å². The second kappa shape index (κ2) is 4.24. The molecule has 0 aliphatic carbocycles. The number of rotatable bonds is 2. The van der Waals surface area contributed by atoms with Crippen molar-refractivity contribution in [2.24, 2.45) is 5.92 Å². The first-order chi connectivity index (χ1) is 7.44. The van der Waals surface area contributed by atoms with E-state index < -0.39 is 11.8 Å². The topological polar surface area (TPSA) is 44.8 Å². The van der Waals surface area contributed by atoms with E-state index >= 15 is 0 Å². The molecule has 0 aromatic rings. The third-order valence-corrected chi connectivity index (χ3v) is 3.04. The molecule has 2 saturated heterocycles. The Kier molecular flexibility index (Phi) is 3.10. The van der Waals surface area contributed by atoms with E-state index in [0.717, 1.165) is 19.3 Å². The Morgan fingerprint density at radius 1 is 1.38 bits per heavy atom. The highest BCUT2D eigenvalue weighted by atomic mass is 16.7. The first-order valence-electron chi connectivity index (χ1n) is 5.95. The number of ether oxygens (including phenoxy) is 3. The minimum absolute atomic E-state index is 0.299. The molecule has 0 aromatic carbocycles. The molecule has 2 bridgehead atoms. The highest BCUT2D eigenvalue weighted by Crippen LogP contribution is 2.38. The number of carbonyl (C=O) groups excluding carboxylic acids is 1. The molecule has 4 nitrogen and oxygen atoms in total. The predicted molar refractivity (Wildman–Crippen MR) is 58.2 cm³/mol. The van der Waals surface area contributed by atoms with Gasteiger partial charge >= 0.3 is 6.16 Å². The maximum absolute atomic E-state index is 11.3. The van der Waals surface area contributed by atoms with Crippen molar-refractivity contribution < 1.29 is 19.0 Å². The van der Waals surface area contributed by atoms with Crippen LogP contribution < -0.4 is 0 Å². The van der Waals surface area contributed by atoms with Crippen LogP contribution in [0.3, 0.4) is 0 Å². The molecule has 3 atom stereocenters. The van der Waals surface area contributed by atoms with Crippen LogP contribution >= 0.6 is 0 Å². The number of fused-ring (bicyclic) bond motifs is 2. The number of carbonyl (C=O) groups is 1. The summed E-state index contributed by atoms with van der Waals surface area (Å²) in [5.74, 6) is 0.367. The van der Waals surface area contributed by atoms with Crippen LogP contribution in [0.5, 0.6) is 0 Å². The third-order valence-electron chi connectivity index (χ3n) is 3.04. The van der Waals surface area contributed by atoms with Gasteiger partial charge in [-0.05, 0) is 40.0 Å². The molecule has 2 rings (SSSR count). The van der Waals surface area contributed by atoms with E-state index in [2.05, 4.69) is 0 Å². The van der Waals surface area contributed by atoms with Crippen molar-refractivity contribution in [1.29, 1.82) is 0 Å². The zero-order valence-electron chi connectivity index (χ0n) is 10.2. The van der Waals surface area contributed by atoms with Gasteiger partial charge in [-0.15, -0.1) is 0 Å². The molecule has 4 heteroatoms. The smallest absolute Gasteiger partial charge is 0.434 e. The Morgan fingerprint density at radius 2 is 2.12 bits per heavy atom. The van der Waals surface area contributed by atoms with Gasteiger partial charge in [-0.1, -0.05) is 0 Å². The van der Waals surface area contributed by atoms with Crippen molar-refractivity contribution in [2.45, 2.75) is 57.8 Å². The van der Waals surface area contributed by atoms with Gasteiger partial charge in [0.1, 0.15) is 12.2 Å². The Labute approximate surface area is 96.2 Å². The van der Waals surface area contributed by atoms with Gasteiger partial charge in [0, 0.05) is 5.92 Å². The summed E-state index contributed by atoms with van der Waals surface area (Å²) < 4.78 is 15.9. The molecule has 2 aliphatic rings. The maximum Gasteiger partial charge on any atom is 0.508 e. The summed E-state index contributed by atoms with van der Waals surface area (Å²) in [6.45, 7) is 5.91. The van der Waals surface area contributed by atoms with Crippen molar-refractivity contribution >= 4 is 6.16 Å². The SMILES string of the molecule is CC(C)(C)OC(=O)OCC1CC2CCC1O2. The summed E-state index contributed by atoms with van der Waals surface area (Å²) in [5.41, 5.74) is -0.484. The fraction of sp³-hybridized carbons (Fsp3) is 0.917. The molecule has 2 fully saturated rings. The third kappa shape index (κ3) is 2.88. The minimum Gasteiger partial charge on any atom is -0.434 e. The molecule has 2 heterocycles. The van der Waals surface area contributed by atoms with E-state index in [0.29, 0.717) is 24.7 Å². The molecule has 0 saturated carbocycles. The monoisotopic (exact) mass is 228 g/mol. The molecule has 16 heavy (non-hydrogen) atoms. The zero-order chi connectivity index (χ0) is 11.8. The molecule has 92 valence electrons. The van der Waals surface area contributed by atoms with Gasteiger partial charge in [0.25, 0.3) is 0 Å². The largest absolute Gasteiger partial charge is 0.508 e. The summed E-state index contributed by atoms with van der Waals surface area (Å²) in [4.78, 5) is 11.3. The molecule has 0 amide bonds. The fourth-order valence-corrected chi connectivity index (χ4v) is 2.37. The summed E-state index contributed by atoms with van der Waals surface area (Å²) >= 11 is 0. The van der Waals surface area contributed by atoms with Crippen molar-refractivity contribution in [3.63, 3.8) is 0 Å². The predicted octanol–water partition coefficient (Wildman–Crippen LogP) is 2.51. The van der Waals surface area contributed by atoms with Crippen molar-refractivity contribution in [2.75, 3.05) is 6.61 Å². The molecule has 2 aliphatic heterocycles.